The number of hydrogen-bond donors (Lipinski definition) is 1. The fraction of sp³-hybridized carbons (Fsp3) is 0.345. The second kappa shape index (κ2) is 9.75. The van der Waals surface area contributed by atoms with Crippen LogP contribution in [0.3, 0.4) is 0 Å². The number of nitrogens with zero attached hydrogens (tertiary/aromatic N) is 3. The number of ether oxygens (including phenoxy) is 1. The quantitative estimate of drug-likeness (QED) is 0.244. The van der Waals surface area contributed by atoms with Gasteiger partial charge in [-0.3, -0.25) is 0 Å². The predicted molar refractivity (Wildman–Crippen MR) is 149 cm³/mol. The van der Waals surface area contributed by atoms with Crippen molar-refractivity contribution >= 4 is 45.6 Å². The molecule has 3 heterocycles. The SMILES string of the molecule is C=C(O)c1cn(C)c2cc(N3CCC(OCc4c(-c5c(Cl)cccc5Cl)noc4C4CC4)CC3)ccc12. The normalized spacial score (nSPS) is 16.6. The van der Waals surface area contributed by atoms with Gasteiger partial charge in [0.15, 0.2) is 0 Å². The summed E-state index contributed by atoms with van der Waals surface area (Å²) in [6.45, 7) is 5.93. The van der Waals surface area contributed by atoms with Crippen LogP contribution < -0.4 is 4.90 Å². The van der Waals surface area contributed by atoms with Gasteiger partial charge in [0.25, 0.3) is 0 Å². The zero-order valence-corrected chi connectivity index (χ0v) is 22.2. The molecule has 1 saturated heterocycles. The third-order valence-corrected chi connectivity index (χ3v) is 8.15. The largest absolute Gasteiger partial charge is 0.508 e. The lowest BCUT2D eigenvalue weighted by Gasteiger charge is -2.33. The zero-order chi connectivity index (χ0) is 25.7. The summed E-state index contributed by atoms with van der Waals surface area (Å²) in [6, 6.07) is 11.8. The van der Waals surface area contributed by atoms with Gasteiger partial charge in [0.1, 0.15) is 17.2 Å². The second-order valence-corrected chi connectivity index (χ2v) is 10.9. The Morgan fingerprint density at radius 1 is 1.14 bits per heavy atom. The van der Waals surface area contributed by atoms with Crippen molar-refractivity contribution in [2.75, 3.05) is 18.0 Å². The third-order valence-electron chi connectivity index (χ3n) is 7.52. The van der Waals surface area contributed by atoms with E-state index in [1.165, 1.54) is 5.69 Å². The Labute approximate surface area is 226 Å². The Balaban J connectivity index is 1.15. The number of hydrogen-bond acceptors (Lipinski definition) is 5. The number of halogens is 2. The molecule has 0 unspecified atom stereocenters. The molecule has 6 nitrogen and oxygen atoms in total. The first kappa shape index (κ1) is 24.4. The topological polar surface area (TPSA) is 63.7 Å². The molecule has 2 aliphatic rings. The summed E-state index contributed by atoms with van der Waals surface area (Å²) in [5.74, 6) is 1.40. The molecule has 1 N–H and O–H groups in total. The maximum atomic E-state index is 9.91. The van der Waals surface area contributed by atoms with Gasteiger partial charge in [-0.2, -0.15) is 0 Å². The number of aliphatic hydroxyl groups is 1. The fourth-order valence-corrected chi connectivity index (χ4v) is 5.91. The van der Waals surface area contributed by atoms with Crippen molar-refractivity contribution in [2.24, 2.45) is 7.05 Å². The Morgan fingerprint density at radius 2 is 1.86 bits per heavy atom. The first-order valence-corrected chi connectivity index (χ1v) is 13.4. The Hall–Kier alpha value is -2.93. The molecule has 2 fully saturated rings. The molecule has 0 bridgehead atoms. The van der Waals surface area contributed by atoms with Gasteiger partial charge >= 0.3 is 0 Å². The van der Waals surface area contributed by atoms with Gasteiger partial charge in [-0.1, -0.05) is 47.1 Å². The van der Waals surface area contributed by atoms with E-state index in [4.69, 9.17) is 32.5 Å². The highest BCUT2D eigenvalue weighted by Crippen LogP contribution is 2.46. The molecule has 0 atom stereocenters. The summed E-state index contributed by atoms with van der Waals surface area (Å²) in [6.07, 6.45) is 6.13. The van der Waals surface area contributed by atoms with Crippen LogP contribution in [0.4, 0.5) is 5.69 Å². The van der Waals surface area contributed by atoms with Gasteiger partial charge < -0.3 is 23.8 Å². The van der Waals surface area contributed by atoms with Crippen molar-refractivity contribution in [3.8, 4) is 11.3 Å². The minimum Gasteiger partial charge on any atom is -0.508 e. The van der Waals surface area contributed by atoms with E-state index in [2.05, 4.69) is 34.8 Å². The van der Waals surface area contributed by atoms with Crippen molar-refractivity contribution in [3.05, 3.63) is 76.1 Å². The van der Waals surface area contributed by atoms with Crippen LogP contribution in [0.25, 0.3) is 27.9 Å². The van der Waals surface area contributed by atoms with E-state index in [0.29, 0.717) is 33.8 Å². The lowest BCUT2D eigenvalue weighted by Crippen LogP contribution is -2.37. The standard InChI is InChI=1S/C29H29Cl2N3O3/c1-17(35)22-15-33(2)26-14-19(8-9-21(22)26)34-12-10-20(11-13-34)36-16-23-28(32-37-29(23)18-6-7-18)27-24(30)4-3-5-25(27)31/h3-5,8-9,14-15,18,20,35H,1,6-7,10-13,16H2,2H3. The van der Waals surface area contributed by atoms with E-state index in [-0.39, 0.29) is 11.9 Å². The number of aromatic nitrogens is 2. The van der Waals surface area contributed by atoms with Crippen molar-refractivity contribution in [1.82, 2.24) is 9.72 Å². The van der Waals surface area contributed by atoms with Crippen molar-refractivity contribution < 1.29 is 14.4 Å². The molecule has 0 spiro atoms. The average Bonchev–Trinajstić information content (AvgIpc) is 3.57. The van der Waals surface area contributed by atoms with Crippen LogP contribution >= 0.6 is 23.2 Å². The van der Waals surface area contributed by atoms with E-state index >= 15 is 0 Å². The second-order valence-electron chi connectivity index (χ2n) is 10.0. The number of fused-ring (bicyclic) bond motifs is 1. The molecule has 8 heteroatoms. The number of aryl methyl sites for hydroxylation is 1. The molecule has 37 heavy (non-hydrogen) atoms. The summed E-state index contributed by atoms with van der Waals surface area (Å²) in [4.78, 5) is 2.39. The van der Waals surface area contributed by atoms with E-state index in [1.54, 1.807) is 0 Å². The van der Waals surface area contributed by atoms with Gasteiger partial charge in [0, 0.05) is 60.0 Å². The lowest BCUT2D eigenvalue weighted by molar-refractivity contribution is 0.0246. The van der Waals surface area contributed by atoms with Gasteiger partial charge in [-0.25, -0.2) is 0 Å². The maximum Gasteiger partial charge on any atom is 0.145 e. The van der Waals surface area contributed by atoms with Crippen LogP contribution in [0.15, 0.2) is 53.7 Å². The molecule has 0 radical (unpaired) electrons. The molecular weight excluding hydrogens is 509 g/mol. The summed E-state index contributed by atoms with van der Waals surface area (Å²) in [5, 5.41) is 16.4. The van der Waals surface area contributed by atoms with Gasteiger partial charge in [0.05, 0.1) is 28.3 Å². The van der Waals surface area contributed by atoms with Gasteiger partial charge in [-0.15, -0.1) is 0 Å². The zero-order valence-electron chi connectivity index (χ0n) is 20.7. The fourth-order valence-electron chi connectivity index (χ4n) is 5.33. The first-order chi connectivity index (χ1) is 17.9. The van der Waals surface area contributed by atoms with E-state index in [0.717, 1.165) is 66.6 Å². The summed E-state index contributed by atoms with van der Waals surface area (Å²) >= 11 is 13.0. The monoisotopic (exact) mass is 537 g/mol. The molecule has 4 aromatic rings. The number of benzene rings is 2. The molecule has 192 valence electrons. The first-order valence-electron chi connectivity index (χ1n) is 12.7. The minimum atomic E-state index is 0.0916. The number of anilines is 1. The van der Waals surface area contributed by atoms with E-state index < -0.39 is 0 Å². The highest BCUT2D eigenvalue weighted by atomic mass is 35.5. The van der Waals surface area contributed by atoms with Crippen LogP contribution in [0.2, 0.25) is 10.0 Å². The molecule has 6 rings (SSSR count). The smallest absolute Gasteiger partial charge is 0.145 e. The minimum absolute atomic E-state index is 0.0916. The Bertz CT molecular complexity index is 1460. The summed E-state index contributed by atoms with van der Waals surface area (Å²) in [7, 11) is 1.99. The summed E-state index contributed by atoms with van der Waals surface area (Å²) < 4.78 is 14.3. The molecule has 2 aromatic heterocycles. The maximum absolute atomic E-state index is 9.91. The number of aliphatic hydroxyl groups excluding tert-OH is 1. The molecule has 1 aliphatic heterocycles. The van der Waals surface area contributed by atoms with E-state index in [1.807, 2.05) is 36.0 Å². The third kappa shape index (κ3) is 4.63. The number of piperidine rings is 1. The van der Waals surface area contributed by atoms with Crippen molar-refractivity contribution in [1.29, 1.82) is 0 Å². The summed E-state index contributed by atoms with van der Waals surface area (Å²) in [5.41, 5.74) is 5.39. The van der Waals surface area contributed by atoms with Crippen LogP contribution in [-0.2, 0) is 18.4 Å². The van der Waals surface area contributed by atoms with Crippen molar-refractivity contribution in [2.45, 2.75) is 44.3 Å². The average molecular weight is 538 g/mol. The molecule has 2 aromatic carbocycles. The van der Waals surface area contributed by atoms with Crippen LogP contribution in [0, 0.1) is 0 Å². The Kier molecular flexibility index (Phi) is 6.43. The predicted octanol–water partition coefficient (Wildman–Crippen LogP) is 7.73. The molecular formula is C29H29Cl2N3O3. The van der Waals surface area contributed by atoms with Crippen LogP contribution in [0.1, 0.15) is 48.5 Å². The van der Waals surface area contributed by atoms with Gasteiger partial charge in [-0.05, 0) is 49.9 Å². The highest BCUT2D eigenvalue weighted by molar-refractivity contribution is 6.39. The number of rotatable bonds is 7. The lowest BCUT2D eigenvalue weighted by atomic mass is 10.0. The highest BCUT2D eigenvalue weighted by Gasteiger charge is 2.34. The van der Waals surface area contributed by atoms with Crippen LogP contribution in [0.5, 0.6) is 0 Å². The molecule has 0 amide bonds. The molecule has 1 saturated carbocycles. The van der Waals surface area contributed by atoms with Gasteiger partial charge in [0.2, 0.25) is 0 Å². The molecule has 1 aliphatic carbocycles. The van der Waals surface area contributed by atoms with Crippen molar-refractivity contribution in [3.63, 3.8) is 0 Å². The Morgan fingerprint density at radius 3 is 2.54 bits per heavy atom. The van der Waals surface area contributed by atoms with Crippen LogP contribution in [-0.4, -0.2) is 34.0 Å². The van der Waals surface area contributed by atoms with E-state index in [9.17, 15) is 5.11 Å².